The zero-order chi connectivity index (χ0) is 16.8. The van der Waals surface area contributed by atoms with E-state index in [1.165, 1.54) is 16.7 Å². The third-order valence-corrected chi connectivity index (χ3v) is 5.79. The Morgan fingerprint density at radius 1 is 1.12 bits per heavy atom. The van der Waals surface area contributed by atoms with Crippen molar-refractivity contribution in [3.63, 3.8) is 0 Å². The van der Waals surface area contributed by atoms with Crippen LogP contribution in [0.5, 0.6) is 11.5 Å². The van der Waals surface area contributed by atoms with E-state index in [2.05, 4.69) is 23.1 Å². The molecule has 0 radical (unpaired) electrons. The Morgan fingerprint density at radius 3 is 2.58 bits per heavy atom. The maximum atomic E-state index is 10.6. The van der Waals surface area contributed by atoms with Crippen LogP contribution in [-0.2, 0) is 11.3 Å². The highest BCUT2D eigenvalue weighted by atomic mass is 16.5. The minimum atomic E-state index is -0.487. The molecule has 0 bridgehead atoms. The molecule has 0 amide bonds. The second kappa shape index (κ2) is 6.06. The van der Waals surface area contributed by atoms with Gasteiger partial charge in [-0.3, -0.25) is 4.90 Å². The highest BCUT2D eigenvalue weighted by molar-refractivity contribution is 5.51. The van der Waals surface area contributed by atoms with Crippen molar-refractivity contribution in [2.24, 2.45) is 0 Å². The van der Waals surface area contributed by atoms with E-state index >= 15 is 0 Å². The van der Waals surface area contributed by atoms with E-state index in [0.29, 0.717) is 12.5 Å². The fourth-order valence-electron chi connectivity index (χ4n) is 4.67. The van der Waals surface area contributed by atoms with E-state index in [1.54, 1.807) is 21.3 Å². The van der Waals surface area contributed by atoms with Crippen LogP contribution in [0.15, 0.2) is 23.8 Å². The Labute approximate surface area is 142 Å². The van der Waals surface area contributed by atoms with E-state index in [-0.39, 0.29) is 12.0 Å². The number of aliphatic hydroxyl groups is 1. The fraction of sp³-hybridized carbons (Fsp3) is 0.579. The topological polar surface area (TPSA) is 51.2 Å². The largest absolute Gasteiger partial charge is 0.493 e. The van der Waals surface area contributed by atoms with Gasteiger partial charge in [0.1, 0.15) is 6.10 Å². The number of fused-ring (bicyclic) bond motifs is 2. The van der Waals surface area contributed by atoms with Crippen LogP contribution in [0.1, 0.15) is 29.9 Å². The summed E-state index contributed by atoms with van der Waals surface area (Å²) in [6, 6.07) is 4.56. The third-order valence-electron chi connectivity index (χ3n) is 5.79. The lowest BCUT2D eigenvalue weighted by Gasteiger charge is -2.39. The number of hydrogen-bond donors (Lipinski definition) is 1. The summed E-state index contributed by atoms with van der Waals surface area (Å²) in [6.45, 7) is 1.98. The molecule has 4 rings (SSSR count). The molecule has 5 heteroatoms. The molecule has 4 atom stereocenters. The number of ether oxygens (including phenoxy) is 3. The Kier molecular flexibility index (Phi) is 4.03. The van der Waals surface area contributed by atoms with Crippen molar-refractivity contribution in [2.45, 2.75) is 43.6 Å². The molecule has 0 saturated carbocycles. The van der Waals surface area contributed by atoms with E-state index in [9.17, 15) is 5.11 Å². The minimum absolute atomic E-state index is 0.214. The molecule has 1 aromatic rings. The molecular weight excluding hydrogens is 306 g/mol. The SMILES string of the molecule is COc1cc2c(cc1OC)[C@@H]1C[C@H](O)[C@@H](OC)C=C3CCN(C2)[C@H]31. The number of hydrogen-bond acceptors (Lipinski definition) is 5. The predicted octanol–water partition coefficient (Wildman–Crippen LogP) is 2.08. The highest BCUT2D eigenvalue weighted by Crippen LogP contribution is 2.48. The lowest BCUT2D eigenvalue weighted by molar-refractivity contribution is 0.00793. The second-order valence-electron chi connectivity index (χ2n) is 6.92. The summed E-state index contributed by atoms with van der Waals surface area (Å²) in [4.78, 5) is 2.52. The van der Waals surface area contributed by atoms with Crippen molar-refractivity contribution in [1.82, 2.24) is 4.90 Å². The van der Waals surface area contributed by atoms with Gasteiger partial charge in [-0.2, -0.15) is 0 Å². The first-order chi connectivity index (χ1) is 11.7. The van der Waals surface area contributed by atoms with Crippen LogP contribution in [0.4, 0.5) is 0 Å². The van der Waals surface area contributed by atoms with Crippen LogP contribution in [0.25, 0.3) is 0 Å². The van der Waals surface area contributed by atoms with Crippen LogP contribution in [0, 0.1) is 0 Å². The van der Waals surface area contributed by atoms with Gasteiger partial charge in [-0.1, -0.05) is 11.6 Å². The van der Waals surface area contributed by atoms with Crippen molar-refractivity contribution in [3.05, 3.63) is 34.9 Å². The number of methoxy groups -OCH3 is 3. The summed E-state index contributed by atoms with van der Waals surface area (Å²) in [5.74, 6) is 1.79. The molecule has 1 aliphatic carbocycles. The number of rotatable bonds is 3. The van der Waals surface area contributed by atoms with Crippen molar-refractivity contribution < 1.29 is 19.3 Å². The van der Waals surface area contributed by atoms with Gasteiger partial charge in [0.15, 0.2) is 11.5 Å². The van der Waals surface area contributed by atoms with Gasteiger partial charge in [-0.25, -0.2) is 0 Å². The van der Waals surface area contributed by atoms with Crippen molar-refractivity contribution in [2.75, 3.05) is 27.9 Å². The van der Waals surface area contributed by atoms with Gasteiger partial charge >= 0.3 is 0 Å². The molecular formula is C19H25NO4. The molecule has 0 spiro atoms. The van der Waals surface area contributed by atoms with Crippen LogP contribution < -0.4 is 9.47 Å². The summed E-state index contributed by atoms with van der Waals surface area (Å²) in [6.07, 6.45) is 3.20. The first kappa shape index (κ1) is 15.9. The summed E-state index contributed by atoms with van der Waals surface area (Å²) in [7, 11) is 5.02. The predicted molar refractivity (Wildman–Crippen MR) is 90.6 cm³/mol. The van der Waals surface area contributed by atoms with Crippen LogP contribution in [0.2, 0.25) is 0 Å². The summed E-state index contributed by atoms with van der Waals surface area (Å²) in [5.41, 5.74) is 3.96. The molecule has 1 saturated heterocycles. The highest BCUT2D eigenvalue weighted by Gasteiger charge is 2.44. The molecule has 0 aromatic heterocycles. The molecule has 2 aliphatic heterocycles. The standard InChI is InChI=1S/C19H25NO4/c1-22-16-6-11-4-5-20-10-12-7-17(23-2)18(24-3)9-13(12)14(19(11)20)8-15(16)21/h6-7,9,14-16,19,21H,4-5,8,10H2,1-3H3/t14-,15-,16-,19+/m0/s1. The lowest BCUT2D eigenvalue weighted by atomic mass is 9.79. The molecule has 0 unspecified atom stereocenters. The summed E-state index contributed by atoms with van der Waals surface area (Å²) in [5, 5.41) is 10.6. The normalized spacial score (nSPS) is 31.8. The van der Waals surface area contributed by atoms with Gasteiger partial charge in [-0.15, -0.1) is 0 Å². The molecule has 5 nitrogen and oxygen atoms in total. The average molecular weight is 331 g/mol. The lowest BCUT2D eigenvalue weighted by Crippen LogP contribution is -2.40. The van der Waals surface area contributed by atoms with E-state index in [0.717, 1.165) is 31.0 Å². The van der Waals surface area contributed by atoms with Crippen molar-refractivity contribution in [3.8, 4) is 11.5 Å². The molecule has 1 fully saturated rings. The summed E-state index contributed by atoms with van der Waals surface area (Å²) >= 11 is 0. The summed E-state index contributed by atoms with van der Waals surface area (Å²) < 4.78 is 16.5. The Morgan fingerprint density at radius 2 is 1.88 bits per heavy atom. The van der Waals surface area contributed by atoms with Gasteiger partial charge in [0.25, 0.3) is 0 Å². The smallest absolute Gasteiger partial charge is 0.161 e. The van der Waals surface area contributed by atoms with Gasteiger partial charge < -0.3 is 19.3 Å². The molecule has 24 heavy (non-hydrogen) atoms. The zero-order valence-corrected chi connectivity index (χ0v) is 14.5. The monoisotopic (exact) mass is 331 g/mol. The first-order valence-electron chi connectivity index (χ1n) is 8.56. The van der Waals surface area contributed by atoms with E-state index in [1.807, 2.05) is 0 Å². The Hall–Kier alpha value is -1.56. The van der Waals surface area contributed by atoms with Crippen molar-refractivity contribution in [1.29, 1.82) is 0 Å². The van der Waals surface area contributed by atoms with Gasteiger partial charge in [-0.05, 0) is 36.1 Å². The quantitative estimate of drug-likeness (QED) is 0.860. The Bertz CT molecular complexity index is 672. The van der Waals surface area contributed by atoms with Crippen LogP contribution in [-0.4, -0.2) is 56.1 Å². The maximum absolute atomic E-state index is 10.6. The zero-order valence-electron chi connectivity index (χ0n) is 14.5. The van der Waals surface area contributed by atoms with E-state index in [4.69, 9.17) is 14.2 Å². The maximum Gasteiger partial charge on any atom is 0.161 e. The molecule has 3 aliphatic rings. The molecule has 2 heterocycles. The average Bonchev–Trinajstić information content (AvgIpc) is 2.93. The fourth-order valence-corrected chi connectivity index (χ4v) is 4.67. The number of aliphatic hydroxyl groups excluding tert-OH is 1. The van der Waals surface area contributed by atoms with Gasteiger partial charge in [0, 0.05) is 32.2 Å². The molecule has 1 N–H and O–H groups in total. The number of benzene rings is 1. The molecule has 130 valence electrons. The number of nitrogens with zero attached hydrogens (tertiary/aromatic N) is 1. The van der Waals surface area contributed by atoms with Crippen LogP contribution >= 0.6 is 0 Å². The molecule has 1 aromatic carbocycles. The van der Waals surface area contributed by atoms with Crippen molar-refractivity contribution >= 4 is 0 Å². The Balaban J connectivity index is 1.82. The van der Waals surface area contributed by atoms with Gasteiger partial charge in [0.05, 0.1) is 20.3 Å². The van der Waals surface area contributed by atoms with Gasteiger partial charge in [0.2, 0.25) is 0 Å². The van der Waals surface area contributed by atoms with E-state index < -0.39 is 6.10 Å². The first-order valence-corrected chi connectivity index (χ1v) is 8.56. The minimum Gasteiger partial charge on any atom is -0.493 e. The third kappa shape index (κ3) is 2.34. The van der Waals surface area contributed by atoms with Crippen LogP contribution in [0.3, 0.4) is 0 Å². The second-order valence-corrected chi connectivity index (χ2v) is 6.92.